The Balaban J connectivity index is 1.18. The van der Waals surface area contributed by atoms with E-state index in [1.165, 1.54) is 77.1 Å². The smallest absolute Gasteiger partial charge is 0.165 e. The van der Waals surface area contributed by atoms with Crippen LogP contribution in [-0.4, -0.2) is 14.4 Å². The van der Waals surface area contributed by atoms with Crippen LogP contribution in [0.15, 0.2) is 176 Å². The summed E-state index contributed by atoms with van der Waals surface area (Å²) in [5.41, 5.74) is 15.7. The van der Waals surface area contributed by atoms with Crippen LogP contribution in [0.4, 0.5) is 0 Å². The molecule has 240 valence electrons. The van der Waals surface area contributed by atoms with Gasteiger partial charge in [-0.05, 0) is 80.2 Å². The number of aromatic nitrogens is 3. The van der Waals surface area contributed by atoms with Crippen molar-refractivity contribution < 1.29 is 0 Å². The maximum atomic E-state index is 5.28. The molecule has 1 aliphatic carbocycles. The van der Waals surface area contributed by atoms with Crippen molar-refractivity contribution in [2.24, 2.45) is 0 Å². The molecular formula is C49H29N3. The van der Waals surface area contributed by atoms with Gasteiger partial charge in [-0.2, -0.15) is 0 Å². The van der Waals surface area contributed by atoms with Gasteiger partial charge in [-0.15, -0.1) is 0 Å². The zero-order valence-electron chi connectivity index (χ0n) is 28.1. The molecule has 0 fully saturated rings. The Morgan fingerprint density at radius 3 is 1.85 bits per heavy atom. The molecule has 0 bridgehead atoms. The van der Waals surface area contributed by atoms with Crippen LogP contribution in [0.3, 0.4) is 0 Å². The van der Waals surface area contributed by atoms with Gasteiger partial charge in [0.2, 0.25) is 0 Å². The molecule has 0 radical (unpaired) electrons. The van der Waals surface area contributed by atoms with Crippen molar-refractivity contribution in [2.45, 2.75) is 5.41 Å². The average molecular weight is 660 g/mol. The van der Waals surface area contributed by atoms with Crippen LogP contribution >= 0.6 is 0 Å². The highest BCUT2D eigenvalue weighted by molar-refractivity contribution is 6.27. The third kappa shape index (κ3) is 3.49. The lowest BCUT2D eigenvalue weighted by atomic mass is 9.67. The molecule has 0 aliphatic heterocycles. The lowest BCUT2D eigenvalue weighted by molar-refractivity contribution is 0.768. The number of para-hydroxylation sites is 2. The second-order valence-corrected chi connectivity index (χ2v) is 14.1. The summed E-state index contributed by atoms with van der Waals surface area (Å²) < 4.78 is 2.37. The summed E-state index contributed by atoms with van der Waals surface area (Å²) in [7, 11) is 0. The number of hydrogen-bond acceptors (Lipinski definition) is 2. The molecule has 3 heterocycles. The monoisotopic (exact) mass is 659 g/mol. The molecular weight excluding hydrogens is 631 g/mol. The van der Waals surface area contributed by atoms with Crippen LogP contribution in [0.5, 0.6) is 0 Å². The van der Waals surface area contributed by atoms with Crippen molar-refractivity contribution in [1.82, 2.24) is 14.4 Å². The number of nitrogens with zero attached hydrogens (tertiary/aromatic N) is 3. The number of benzene rings is 8. The molecule has 3 nitrogen and oxygen atoms in total. The quantitative estimate of drug-likeness (QED) is 0.189. The number of hydrogen-bond donors (Lipinski definition) is 0. The predicted molar refractivity (Wildman–Crippen MR) is 214 cm³/mol. The highest BCUT2D eigenvalue weighted by Crippen LogP contribution is 2.57. The Bertz CT molecular complexity index is 3190. The molecule has 8 aromatic carbocycles. The summed E-state index contributed by atoms with van der Waals surface area (Å²) in [5, 5.41) is 6.02. The fraction of sp³-hybridized carbons (Fsp3) is 0.0204. The van der Waals surface area contributed by atoms with Gasteiger partial charge in [-0.25, -0.2) is 9.97 Å². The van der Waals surface area contributed by atoms with Crippen LogP contribution in [0.1, 0.15) is 22.3 Å². The Morgan fingerprint density at radius 2 is 1.04 bits per heavy atom. The lowest BCUT2D eigenvalue weighted by Gasteiger charge is -2.33. The summed E-state index contributed by atoms with van der Waals surface area (Å²) in [6.45, 7) is 0. The molecule has 0 saturated carbocycles. The number of rotatable bonds is 3. The van der Waals surface area contributed by atoms with Gasteiger partial charge in [0.15, 0.2) is 5.65 Å². The van der Waals surface area contributed by atoms with E-state index >= 15 is 0 Å². The topological polar surface area (TPSA) is 30.2 Å². The predicted octanol–water partition coefficient (Wildman–Crippen LogP) is 12.0. The van der Waals surface area contributed by atoms with E-state index in [4.69, 9.17) is 9.97 Å². The van der Waals surface area contributed by atoms with Crippen LogP contribution < -0.4 is 0 Å². The van der Waals surface area contributed by atoms with Crippen LogP contribution in [0.25, 0.3) is 82.4 Å². The molecule has 11 aromatic rings. The van der Waals surface area contributed by atoms with Crippen LogP contribution in [0.2, 0.25) is 0 Å². The van der Waals surface area contributed by atoms with Gasteiger partial charge < -0.3 is 0 Å². The Kier molecular flexibility index (Phi) is 5.43. The average Bonchev–Trinajstić information content (AvgIpc) is 3.83. The molecule has 0 saturated heterocycles. The van der Waals surface area contributed by atoms with E-state index in [0.717, 1.165) is 27.6 Å². The second kappa shape index (κ2) is 10.1. The van der Waals surface area contributed by atoms with Crippen LogP contribution in [0, 0.1) is 0 Å². The molecule has 1 aliphatic rings. The maximum Gasteiger partial charge on any atom is 0.165 e. The highest BCUT2D eigenvalue weighted by atomic mass is 15.0. The van der Waals surface area contributed by atoms with Gasteiger partial charge in [-0.3, -0.25) is 4.40 Å². The first-order valence-corrected chi connectivity index (χ1v) is 17.9. The zero-order chi connectivity index (χ0) is 34.0. The molecule has 0 atom stereocenters. The molecule has 0 amide bonds. The Morgan fingerprint density at radius 1 is 0.404 bits per heavy atom. The molecule has 0 spiro atoms. The van der Waals surface area contributed by atoms with Gasteiger partial charge >= 0.3 is 0 Å². The molecule has 0 N–H and O–H groups in total. The van der Waals surface area contributed by atoms with Crippen molar-refractivity contribution in [2.75, 3.05) is 0 Å². The van der Waals surface area contributed by atoms with Gasteiger partial charge in [0.1, 0.15) is 5.52 Å². The van der Waals surface area contributed by atoms with Crippen LogP contribution in [-0.2, 0) is 5.41 Å². The minimum atomic E-state index is -0.422. The second-order valence-electron chi connectivity index (χ2n) is 14.1. The van der Waals surface area contributed by atoms with E-state index in [-0.39, 0.29) is 0 Å². The first-order chi connectivity index (χ1) is 25.8. The fourth-order valence-electron chi connectivity index (χ4n) is 9.42. The maximum absolute atomic E-state index is 5.28. The summed E-state index contributed by atoms with van der Waals surface area (Å²) >= 11 is 0. The summed E-state index contributed by atoms with van der Waals surface area (Å²) in [4.78, 5) is 10.6. The normalized spacial score (nSPS) is 13.5. The first kappa shape index (κ1) is 27.9. The largest absolute Gasteiger partial charge is 0.291 e. The van der Waals surface area contributed by atoms with E-state index in [9.17, 15) is 0 Å². The van der Waals surface area contributed by atoms with E-state index in [2.05, 4.69) is 168 Å². The number of fused-ring (bicyclic) bond motifs is 12. The Labute approximate surface area is 299 Å². The minimum Gasteiger partial charge on any atom is -0.291 e. The van der Waals surface area contributed by atoms with E-state index in [0.29, 0.717) is 0 Å². The molecule has 52 heavy (non-hydrogen) atoms. The third-order valence-corrected chi connectivity index (χ3v) is 11.6. The third-order valence-electron chi connectivity index (χ3n) is 11.6. The summed E-state index contributed by atoms with van der Waals surface area (Å²) in [6, 6.07) is 64.3. The SMILES string of the molecule is c1ccc(C2(c3ccccc3)c3ccccc3-c3cc(-c4cc5c6ccc7ccccc7c6n6c7nc8ccccc8nc7c(c4)c56)ccc32)cc1. The molecule has 12 rings (SSSR count). The van der Waals surface area contributed by atoms with Crippen molar-refractivity contribution in [3.63, 3.8) is 0 Å². The molecule has 3 aromatic heterocycles. The highest BCUT2D eigenvalue weighted by Gasteiger charge is 2.46. The summed E-state index contributed by atoms with van der Waals surface area (Å²) in [6.07, 6.45) is 0. The van der Waals surface area contributed by atoms with Crippen molar-refractivity contribution >= 4 is 60.2 Å². The fourth-order valence-corrected chi connectivity index (χ4v) is 9.42. The Hall–Kier alpha value is -6.84. The van der Waals surface area contributed by atoms with Gasteiger partial charge in [-0.1, -0.05) is 146 Å². The van der Waals surface area contributed by atoms with Crippen molar-refractivity contribution in [3.05, 3.63) is 198 Å². The van der Waals surface area contributed by atoms with Gasteiger partial charge in [0.05, 0.1) is 27.5 Å². The zero-order valence-corrected chi connectivity index (χ0v) is 28.1. The van der Waals surface area contributed by atoms with Gasteiger partial charge in [0.25, 0.3) is 0 Å². The minimum absolute atomic E-state index is 0.422. The molecule has 3 heteroatoms. The van der Waals surface area contributed by atoms with Crippen molar-refractivity contribution in [1.29, 1.82) is 0 Å². The van der Waals surface area contributed by atoms with Gasteiger partial charge in [0, 0.05) is 21.5 Å². The van der Waals surface area contributed by atoms with Crippen molar-refractivity contribution in [3.8, 4) is 22.3 Å². The first-order valence-electron chi connectivity index (χ1n) is 17.9. The lowest BCUT2D eigenvalue weighted by Crippen LogP contribution is -2.28. The van der Waals surface area contributed by atoms with E-state index in [1.54, 1.807) is 0 Å². The molecule has 0 unspecified atom stereocenters. The standard InChI is InChI=1S/C49H29N3/c1-3-14-33(15-4-1)49(34-16-5-2-6-17-34)41-20-10-9-19-36(41)38-27-31(24-26-42(38)49)32-28-39-37-25-23-30-13-7-8-18-35(30)46(37)52-47(39)40(29-32)45-48(52)51-44-22-12-11-21-43(44)50-45/h1-29H. The summed E-state index contributed by atoms with van der Waals surface area (Å²) in [5.74, 6) is 0. The van der Waals surface area contributed by atoms with E-state index in [1.807, 2.05) is 12.1 Å². The van der Waals surface area contributed by atoms with E-state index < -0.39 is 5.41 Å².